The molecule has 27 heteroatoms. The fourth-order valence-corrected chi connectivity index (χ4v) is 16.2. The van der Waals surface area contributed by atoms with E-state index in [1.807, 2.05) is 170 Å². The largest absolute Gasteiger partial charge is 0.490 e. The van der Waals surface area contributed by atoms with Crippen molar-refractivity contribution in [3.05, 3.63) is 260 Å². The summed E-state index contributed by atoms with van der Waals surface area (Å²) in [5.74, 6) is 2.50. The van der Waals surface area contributed by atoms with Crippen molar-refractivity contribution in [2.75, 3.05) is 58.9 Å². The van der Waals surface area contributed by atoms with Gasteiger partial charge in [0.25, 0.3) is 0 Å². The van der Waals surface area contributed by atoms with Crippen LogP contribution in [0.3, 0.4) is 0 Å². The van der Waals surface area contributed by atoms with E-state index in [0.29, 0.717) is 88.7 Å². The summed E-state index contributed by atoms with van der Waals surface area (Å²) in [6, 6.07) is 39.0. The lowest BCUT2D eigenvalue weighted by atomic mass is 9.75. The Morgan fingerprint density at radius 2 is 0.888 bits per heavy atom. The highest BCUT2D eigenvalue weighted by Crippen LogP contribution is 2.43. The summed E-state index contributed by atoms with van der Waals surface area (Å²) in [7, 11) is -0.314. The number of halogens is 2. The molecule has 7 aromatic rings. The molecule has 0 radical (unpaired) electrons. The lowest BCUT2D eigenvalue weighted by Crippen LogP contribution is -2.41. The number of amides is 4. The third-order valence-corrected chi connectivity index (χ3v) is 26.5. The highest BCUT2D eigenvalue weighted by Gasteiger charge is 2.53. The lowest BCUT2D eigenvalue weighted by Gasteiger charge is -2.32. The van der Waals surface area contributed by atoms with Crippen LogP contribution in [-0.4, -0.2) is 186 Å². The number of Topliss-reactive ketones (excluding diaryl/α,β-unsaturated/α-hetero) is 3. The highest BCUT2D eigenvalue weighted by molar-refractivity contribution is 9.10. The number of ketones is 3. The molecule has 5 fully saturated rings. The number of aromatic nitrogens is 6. The van der Waals surface area contributed by atoms with Crippen molar-refractivity contribution >= 4 is 104 Å². The molecule has 0 bridgehead atoms. The molecule has 10 aliphatic rings. The molecule has 4 unspecified atom stereocenters. The fourth-order valence-electron chi connectivity index (χ4n) is 16.0. The summed E-state index contributed by atoms with van der Waals surface area (Å²) in [5.41, 5.74) is 19.2. The summed E-state index contributed by atoms with van der Waals surface area (Å²) in [4.78, 5) is 106. The molecule has 4 saturated carbocycles. The molecule has 24 nitrogen and oxygen atoms in total. The van der Waals surface area contributed by atoms with Crippen LogP contribution in [0.1, 0.15) is 296 Å². The Bertz CT molecular complexity index is 5480. The van der Waals surface area contributed by atoms with E-state index >= 15 is 0 Å². The number of rotatable bonds is 25. The van der Waals surface area contributed by atoms with Gasteiger partial charge in [-0.3, -0.25) is 49.1 Å². The summed E-state index contributed by atoms with van der Waals surface area (Å²) < 4.78 is 24.0. The van der Waals surface area contributed by atoms with E-state index in [1.54, 1.807) is 14.7 Å². The predicted octanol–water partition coefficient (Wildman–Crippen LogP) is 21.0. The van der Waals surface area contributed by atoms with E-state index in [2.05, 4.69) is 148 Å². The smallest absolute Gasteiger partial charge is 0.444 e. The quantitative estimate of drug-likeness (QED) is 0.0202. The number of ether oxygens (including phenoxy) is 2. The topological polar surface area (TPSA) is 306 Å². The van der Waals surface area contributed by atoms with Crippen molar-refractivity contribution in [2.45, 2.75) is 265 Å². The van der Waals surface area contributed by atoms with Crippen molar-refractivity contribution in [3.8, 4) is 0 Å². The number of aromatic amines is 3. The Balaban J connectivity index is 0.000000160. The minimum atomic E-state index is -0.509. The molecular formula is C107H137BBrClN12O12. The average molecular weight is 1910 g/mol. The number of hydrogen-bond acceptors (Lipinski definition) is 17. The maximum atomic E-state index is 12.8. The van der Waals surface area contributed by atoms with Crippen LogP contribution in [0.2, 0.25) is 0 Å². The van der Waals surface area contributed by atoms with Crippen LogP contribution < -0.4 is 10.6 Å². The number of carbonyl (C=O) groups is 8. The zero-order valence-electron chi connectivity index (χ0n) is 79.9. The molecule has 0 spiro atoms. The molecule has 714 valence electrons. The number of aliphatic imine (C=N–C) groups is 1. The van der Waals surface area contributed by atoms with Gasteiger partial charge in [0.05, 0.1) is 40.7 Å². The van der Waals surface area contributed by atoms with Gasteiger partial charge in [0.1, 0.15) is 28.6 Å². The molecule has 4 atom stereocenters. The van der Waals surface area contributed by atoms with Crippen LogP contribution in [0.4, 0.5) is 9.59 Å². The first-order valence-electron chi connectivity index (χ1n) is 47.1. The van der Waals surface area contributed by atoms with Crippen molar-refractivity contribution in [1.29, 1.82) is 0 Å². The number of allylic oxidation sites excluding steroid dienone is 2. The number of nitrogens with zero attached hydrogens (tertiary/aromatic N) is 7. The van der Waals surface area contributed by atoms with Gasteiger partial charge in [0, 0.05) is 139 Å². The molecule has 1 saturated heterocycles. The first kappa shape index (κ1) is 104. The Kier molecular flexibility index (Phi) is 36.1. The van der Waals surface area contributed by atoms with E-state index in [9.17, 15) is 38.4 Å². The first-order valence-corrected chi connectivity index (χ1v) is 48.3. The average Bonchev–Trinajstić information content (AvgIpc) is 1.60. The normalized spacial score (nSPS) is 18.6. The van der Waals surface area contributed by atoms with Gasteiger partial charge >= 0.3 is 19.3 Å². The SMILES string of the molecule is C.C=CC(=O)Cl.C=CC(=O)N1CC=C(c2ccc(C(C)C(=O)Cc3cc(C4CC4)n[nH]3)cc2)CC1.CC(C(=O)Cc1cc(C2CC2)n[nH]1)c1ccc(C2=CCN(C(=O)OC(C)(C)C)CC2)cc1.CC(C(=O)Cc1cc(C2CC2)n[nH]1)c1ccc(C2=CCNCC2)cc1.CC(C(=O)NC1=CC(C2CC2)=NC1)c1ccc(Br)cc1.CC(C)(C)OC(=O)N1CC=C(B2OC(C)(C)C(C)(C)O2)CC1. The third-order valence-electron chi connectivity index (χ3n) is 25.9. The summed E-state index contributed by atoms with van der Waals surface area (Å²) >= 11 is 8.11. The summed E-state index contributed by atoms with van der Waals surface area (Å²) in [5, 5.41) is 27.9. The number of nitrogens with one attached hydrogen (secondary N) is 5. The van der Waals surface area contributed by atoms with E-state index < -0.39 is 16.4 Å². The zero-order valence-corrected chi connectivity index (χ0v) is 82.2. The van der Waals surface area contributed by atoms with Crippen molar-refractivity contribution in [1.82, 2.24) is 55.9 Å². The molecule has 6 aliphatic heterocycles. The van der Waals surface area contributed by atoms with Crippen molar-refractivity contribution in [3.63, 3.8) is 0 Å². The molecule has 4 aliphatic carbocycles. The van der Waals surface area contributed by atoms with Crippen LogP contribution in [0.15, 0.2) is 192 Å². The first-order chi connectivity index (χ1) is 63.3. The van der Waals surface area contributed by atoms with Gasteiger partial charge in [-0.2, -0.15) is 15.3 Å². The van der Waals surface area contributed by atoms with Gasteiger partial charge in [-0.15, -0.1) is 0 Å². The van der Waals surface area contributed by atoms with Gasteiger partial charge in [0.2, 0.25) is 17.1 Å². The number of carbonyl (C=O) groups excluding carboxylic acids is 8. The standard InChI is InChI=1S/C26H33N3O3.C24H27N3O2.C21H25N3O.C16H28BNO4.C16H17BrN2O.C3H3ClO.CH4/c1-17(24(30)16-22-15-23(28-27-22)21-9-10-21)18-5-7-19(8-6-18)20-11-13-29(14-12-20)25(31)32-26(2,3)4;1-3-24(29)27-12-10-19(11-13-27)18-6-4-17(5-7-18)16(2)23(28)15-21-14-22(26-25-21)20-8-9-20;1-14(21(25)13-19-12-20(24-23-19)18-6-7-18)15-2-4-16(5-3-15)17-8-10-22-11-9-17;1-14(2,3)20-13(19)18-10-8-12(9-11-18)17-21-15(4,5)16(6,7)22-17;1-10(11-4-6-13(17)7-5-11)16(20)19-14-8-15(18-9-14)12-2-3-12;1-2-3(4)5;/h5-8,11,15,17,21H,9-10,12-14,16H2,1-4H3,(H,27,28);3-7,10,14,16,20H,1,8-9,11-13,15H2,2H3,(H,25,26);2-5,8,12,14,18,22H,6-7,9-11,13H2,1H3,(H,23,24);8H,9-11H2,1-7H3;4-8,10,12H,2-3,9H2,1H3,(H,19,20);2H,1H2;1H4. The van der Waals surface area contributed by atoms with Crippen LogP contribution in [0.5, 0.6) is 0 Å². The maximum Gasteiger partial charge on any atom is 0.490 e. The monoisotopic (exact) mass is 1910 g/mol. The Hall–Kier alpha value is -10.8. The third kappa shape index (κ3) is 30.4. The molecule has 5 N–H and O–H groups in total. The van der Waals surface area contributed by atoms with Crippen LogP contribution in [0, 0.1) is 5.92 Å². The van der Waals surface area contributed by atoms with E-state index in [1.165, 1.54) is 79.7 Å². The van der Waals surface area contributed by atoms with E-state index in [0.717, 1.165) is 134 Å². The van der Waals surface area contributed by atoms with Gasteiger partial charge in [0.15, 0.2) is 0 Å². The van der Waals surface area contributed by atoms with Gasteiger partial charge in [-0.1, -0.05) is 167 Å². The summed E-state index contributed by atoms with van der Waals surface area (Å²) in [6.45, 7) is 40.2. The molecule has 3 aromatic heterocycles. The van der Waals surface area contributed by atoms with E-state index in [4.69, 9.17) is 30.4 Å². The molecule has 4 amide bonds. The number of hydrogen-bond donors (Lipinski definition) is 5. The van der Waals surface area contributed by atoms with Crippen molar-refractivity contribution < 1.29 is 57.1 Å². The summed E-state index contributed by atoms with van der Waals surface area (Å²) in [6.07, 6.45) is 26.8. The second kappa shape index (κ2) is 46.7. The predicted molar refractivity (Wildman–Crippen MR) is 536 cm³/mol. The van der Waals surface area contributed by atoms with Crippen molar-refractivity contribution in [2.24, 2.45) is 10.9 Å². The minimum Gasteiger partial charge on any atom is -0.444 e. The van der Waals surface area contributed by atoms with Gasteiger partial charge < -0.3 is 44.1 Å². The molecular weight excluding hydrogens is 1770 g/mol. The highest BCUT2D eigenvalue weighted by atomic mass is 79.9. The molecule has 17 rings (SSSR count). The number of H-pyrrole nitrogens is 3. The molecule has 4 aromatic carbocycles. The second-order valence-electron chi connectivity index (χ2n) is 39.3. The maximum absolute atomic E-state index is 12.8. The van der Waals surface area contributed by atoms with E-state index in [-0.39, 0.29) is 90.8 Å². The van der Waals surface area contributed by atoms with Gasteiger partial charge in [-0.25, -0.2) is 9.59 Å². The Morgan fingerprint density at radius 3 is 1.22 bits per heavy atom. The lowest BCUT2D eigenvalue weighted by molar-refractivity contribution is -0.125. The fraction of sp³-hybridized carbons (Fsp3) is 0.477. The van der Waals surface area contributed by atoms with Crippen LogP contribution >= 0.6 is 27.5 Å². The van der Waals surface area contributed by atoms with Crippen LogP contribution in [-0.2, 0) is 66.8 Å². The minimum absolute atomic E-state index is 0. The van der Waals surface area contributed by atoms with Crippen LogP contribution in [0.25, 0.3) is 16.7 Å². The second-order valence-corrected chi connectivity index (χ2v) is 40.6. The Morgan fingerprint density at radius 1 is 0.522 bits per heavy atom. The number of benzene rings is 4. The molecule has 9 heterocycles. The Labute approximate surface area is 805 Å². The molecule has 134 heavy (non-hydrogen) atoms. The van der Waals surface area contributed by atoms with Gasteiger partial charge in [-0.05, 0) is 281 Å². The zero-order chi connectivity index (χ0) is 95.6.